The molecule has 5 nitrogen and oxygen atoms in total. The summed E-state index contributed by atoms with van der Waals surface area (Å²) in [4.78, 5) is 24.3. The van der Waals surface area contributed by atoms with Crippen LogP contribution in [0.5, 0.6) is 0 Å². The van der Waals surface area contributed by atoms with Gasteiger partial charge in [-0.25, -0.2) is 9.59 Å². The van der Waals surface area contributed by atoms with Gasteiger partial charge in [-0.2, -0.15) is 0 Å². The monoisotopic (exact) mass is 280 g/mol. The minimum atomic E-state index is -0.943. The molecule has 3 rings (SSSR count). The number of hydrogen-bond donors (Lipinski definition) is 3. The Labute approximate surface area is 115 Å². The number of carboxylic acids is 1. The number of hydrogen-bond acceptors (Lipinski definition) is 3. The van der Waals surface area contributed by atoms with Crippen LogP contribution in [-0.4, -0.2) is 23.1 Å². The number of fused-ring (bicyclic) bond motifs is 1. The van der Waals surface area contributed by atoms with E-state index in [0.29, 0.717) is 10.6 Å². The van der Waals surface area contributed by atoms with Crippen LogP contribution in [0.1, 0.15) is 46.5 Å². The van der Waals surface area contributed by atoms with E-state index in [1.165, 1.54) is 11.3 Å². The van der Waals surface area contributed by atoms with Crippen molar-refractivity contribution in [2.24, 2.45) is 0 Å². The van der Waals surface area contributed by atoms with Gasteiger partial charge in [0.2, 0.25) is 0 Å². The number of carboxylic acid groups (broad SMARTS) is 1. The summed E-state index contributed by atoms with van der Waals surface area (Å²) in [6.45, 7) is 0. The van der Waals surface area contributed by atoms with Crippen LogP contribution in [-0.2, 0) is 12.8 Å². The molecule has 6 heteroatoms. The Morgan fingerprint density at radius 3 is 2.63 bits per heavy atom. The SMILES string of the molecule is O=C(Nc1sc2c(c1C(=O)O)CCCC2)NC1CC1. The zero-order valence-electron chi connectivity index (χ0n) is 10.5. The molecular formula is C13H16N2O3S. The summed E-state index contributed by atoms with van der Waals surface area (Å²) in [7, 11) is 0. The van der Waals surface area contributed by atoms with Gasteiger partial charge in [0.15, 0.2) is 0 Å². The number of anilines is 1. The first-order chi connectivity index (χ1) is 9.15. The molecule has 0 bridgehead atoms. The van der Waals surface area contributed by atoms with E-state index in [-0.39, 0.29) is 12.1 Å². The summed E-state index contributed by atoms with van der Waals surface area (Å²) < 4.78 is 0. The Bertz CT molecular complexity index is 534. The minimum absolute atomic E-state index is 0.267. The number of carbonyl (C=O) groups is 2. The van der Waals surface area contributed by atoms with Gasteiger partial charge in [0.1, 0.15) is 5.00 Å². The number of aromatic carboxylic acids is 1. The molecule has 0 aliphatic heterocycles. The van der Waals surface area contributed by atoms with Crippen LogP contribution in [0.25, 0.3) is 0 Å². The molecule has 2 amide bonds. The van der Waals surface area contributed by atoms with Crippen molar-refractivity contribution in [3.8, 4) is 0 Å². The lowest BCUT2D eigenvalue weighted by molar-refractivity contribution is 0.0697. The molecule has 19 heavy (non-hydrogen) atoms. The zero-order chi connectivity index (χ0) is 13.4. The van der Waals surface area contributed by atoms with E-state index in [1.54, 1.807) is 0 Å². The molecule has 1 saturated carbocycles. The predicted octanol–water partition coefficient (Wildman–Crippen LogP) is 2.61. The van der Waals surface area contributed by atoms with E-state index in [0.717, 1.165) is 49.0 Å². The lowest BCUT2D eigenvalue weighted by Crippen LogP contribution is -2.30. The smallest absolute Gasteiger partial charge is 0.339 e. The lowest BCUT2D eigenvalue weighted by atomic mass is 9.95. The molecule has 0 unspecified atom stereocenters. The van der Waals surface area contributed by atoms with Crippen LogP contribution in [0, 0.1) is 0 Å². The summed E-state index contributed by atoms with van der Waals surface area (Å²) in [5.74, 6) is -0.943. The fourth-order valence-corrected chi connectivity index (χ4v) is 3.71. The maximum atomic E-state index is 11.7. The average molecular weight is 280 g/mol. The third kappa shape index (κ3) is 2.58. The Hall–Kier alpha value is -1.56. The molecule has 1 aromatic rings. The van der Waals surface area contributed by atoms with Gasteiger partial charge in [-0.1, -0.05) is 0 Å². The predicted molar refractivity (Wildman–Crippen MR) is 73.1 cm³/mol. The molecule has 0 saturated heterocycles. The normalized spacial score (nSPS) is 17.7. The van der Waals surface area contributed by atoms with Gasteiger partial charge in [0.05, 0.1) is 5.56 Å². The van der Waals surface area contributed by atoms with Crippen LogP contribution < -0.4 is 10.6 Å². The van der Waals surface area contributed by atoms with Crippen LogP contribution in [0.4, 0.5) is 9.80 Å². The summed E-state index contributed by atoms with van der Waals surface area (Å²) in [6.07, 6.45) is 5.88. The molecule has 0 radical (unpaired) electrons. The number of nitrogens with one attached hydrogen (secondary N) is 2. The molecule has 102 valence electrons. The quantitative estimate of drug-likeness (QED) is 0.796. The average Bonchev–Trinajstić information content (AvgIpc) is 3.08. The number of thiophene rings is 1. The molecule has 1 heterocycles. The molecule has 0 atom stereocenters. The zero-order valence-corrected chi connectivity index (χ0v) is 11.3. The fourth-order valence-electron chi connectivity index (χ4n) is 2.43. The second-order valence-corrected chi connectivity index (χ2v) is 6.20. The van der Waals surface area contributed by atoms with Gasteiger partial charge in [-0.3, -0.25) is 5.32 Å². The first-order valence-electron chi connectivity index (χ1n) is 6.60. The van der Waals surface area contributed by atoms with E-state index in [4.69, 9.17) is 0 Å². The van der Waals surface area contributed by atoms with E-state index in [2.05, 4.69) is 10.6 Å². The van der Waals surface area contributed by atoms with Crippen molar-refractivity contribution in [1.29, 1.82) is 0 Å². The molecule has 1 fully saturated rings. The minimum Gasteiger partial charge on any atom is -0.478 e. The third-order valence-corrected chi connectivity index (χ3v) is 4.73. The van der Waals surface area contributed by atoms with Crippen LogP contribution in [0.15, 0.2) is 0 Å². The van der Waals surface area contributed by atoms with Gasteiger partial charge in [-0.05, 0) is 44.1 Å². The van der Waals surface area contributed by atoms with Crippen molar-refractivity contribution < 1.29 is 14.7 Å². The summed E-state index contributed by atoms with van der Waals surface area (Å²) >= 11 is 1.41. The third-order valence-electron chi connectivity index (χ3n) is 3.52. The molecule has 1 aromatic heterocycles. The summed E-state index contributed by atoms with van der Waals surface area (Å²) in [6, 6.07) is -0.0218. The molecule has 3 N–H and O–H groups in total. The first-order valence-corrected chi connectivity index (χ1v) is 7.42. The van der Waals surface area contributed by atoms with Crippen LogP contribution in [0.2, 0.25) is 0 Å². The van der Waals surface area contributed by atoms with Crippen molar-refractivity contribution in [2.45, 2.75) is 44.6 Å². The highest BCUT2D eigenvalue weighted by molar-refractivity contribution is 7.17. The topological polar surface area (TPSA) is 78.4 Å². The van der Waals surface area contributed by atoms with E-state index in [1.807, 2.05) is 0 Å². The Balaban J connectivity index is 1.84. The van der Waals surface area contributed by atoms with Crippen molar-refractivity contribution >= 4 is 28.3 Å². The number of urea groups is 1. The van der Waals surface area contributed by atoms with E-state index >= 15 is 0 Å². The number of carbonyl (C=O) groups excluding carboxylic acids is 1. The number of rotatable bonds is 3. The second-order valence-electron chi connectivity index (χ2n) is 5.09. The summed E-state index contributed by atoms with van der Waals surface area (Å²) in [5.41, 5.74) is 1.22. The molecule has 0 aromatic carbocycles. The van der Waals surface area contributed by atoms with Gasteiger partial charge in [-0.15, -0.1) is 11.3 Å². The van der Waals surface area contributed by atoms with Crippen LogP contribution in [0.3, 0.4) is 0 Å². The van der Waals surface area contributed by atoms with Gasteiger partial charge < -0.3 is 10.4 Å². The van der Waals surface area contributed by atoms with E-state index in [9.17, 15) is 14.7 Å². The highest BCUT2D eigenvalue weighted by Gasteiger charge is 2.28. The summed E-state index contributed by atoms with van der Waals surface area (Å²) in [5, 5.41) is 15.4. The molecule has 2 aliphatic rings. The Morgan fingerprint density at radius 1 is 1.21 bits per heavy atom. The van der Waals surface area contributed by atoms with Gasteiger partial charge in [0.25, 0.3) is 0 Å². The maximum Gasteiger partial charge on any atom is 0.339 e. The van der Waals surface area contributed by atoms with Crippen molar-refractivity contribution in [2.75, 3.05) is 5.32 Å². The lowest BCUT2D eigenvalue weighted by Gasteiger charge is -2.10. The highest BCUT2D eigenvalue weighted by Crippen LogP contribution is 2.38. The standard InChI is InChI=1S/C13H16N2O3S/c16-12(17)10-8-3-1-2-4-9(8)19-11(10)15-13(18)14-7-5-6-7/h7H,1-6H2,(H,16,17)(H2,14,15,18). The van der Waals surface area contributed by atoms with Gasteiger partial charge >= 0.3 is 12.0 Å². The van der Waals surface area contributed by atoms with Crippen molar-refractivity contribution in [3.63, 3.8) is 0 Å². The number of amides is 2. The fraction of sp³-hybridized carbons (Fsp3) is 0.538. The Kier molecular flexibility index (Phi) is 3.18. The Morgan fingerprint density at radius 2 is 1.95 bits per heavy atom. The van der Waals surface area contributed by atoms with Crippen molar-refractivity contribution in [1.82, 2.24) is 5.32 Å². The van der Waals surface area contributed by atoms with E-state index < -0.39 is 5.97 Å². The number of aryl methyl sites for hydroxylation is 1. The first kappa shape index (κ1) is 12.5. The van der Waals surface area contributed by atoms with Crippen LogP contribution >= 0.6 is 11.3 Å². The molecule has 0 spiro atoms. The highest BCUT2D eigenvalue weighted by atomic mass is 32.1. The molecule has 2 aliphatic carbocycles. The molecular weight excluding hydrogens is 264 g/mol. The maximum absolute atomic E-state index is 11.7. The second kappa shape index (κ2) is 4.85. The van der Waals surface area contributed by atoms with Crippen molar-refractivity contribution in [3.05, 3.63) is 16.0 Å². The van der Waals surface area contributed by atoms with Gasteiger partial charge in [0, 0.05) is 10.9 Å². The largest absolute Gasteiger partial charge is 0.478 e.